The van der Waals surface area contributed by atoms with Crippen molar-refractivity contribution in [1.82, 2.24) is 0 Å². The minimum absolute atomic E-state index is 0. The van der Waals surface area contributed by atoms with Crippen molar-refractivity contribution in [3.63, 3.8) is 0 Å². The summed E-state index contributed by atoms with van der Waals surface area (Å²) >= 11 is 4.38. The zero-order valence-corrected chi connectivity index (χ0v) is 42.1. The van der Waals surface area contributed by atoms with Crippen LogP contribution in [0.4, 0.5) is 0 Å². The summed E-state index contributed by atoms with van der Waals surface area (Å²) < 4.78 is 78.4. The van der Waals surface area contributed by atoms with Crippen LogP contribution in [0.3, 0.4) is 0 Å². The van der Waals surface area contributed by atoms with Crippen LogP contribution in [0, 0.1) is 0 Å². The molecule has 450 valence electrons. The average molecular weight is 1170 g/mol. The Labute approximate surface area is 447 Å². The third-order valence-corrected chi connectivity index (χ3v) is 14.7. The van der Waals surface area contributed by atoms with Crippen LogP contribution in [0.2, 0.25) is 0 Å². The molecule has 0 aromatic carbocycles. The number of isothiocyanates is 1. The molecule has 22 fully saturated rings. The first kappa shape index (κ1) is 66.5. The molecular formula is C43H75NO31S2. The lowest BCUT2D eigenvalue weighted by atomic mass is 9.94. The predicted molar refractivity (Wildman–Crippen MR) is 251 cm³/mol. The first-order chi connectivity index (χ1) is 36.2. The molecule has 0 aliphatic carbocycles. The van der Waals surface area contributed by atoms with Gasteiger partial charge in [-0.1, -0.05) is 7.43 Å². The van der Waals surface area contributed by atoms with Crippen LogP contribution in [-0.2, 0) is 67.6 Å². The number of unbranched alkanes of at least 4 members (excludes halogenated alkanes) is 1. The van der Waals surface area contributed by atoms with E-state index in [1.807, 2.05) is 0 Å². The van der Waals surface area contributed by atoms with Crippen molar-refractivity contribution in [3.05, 3.63) is 0 Å². The molecule has 0 aromatic heterocycles. The molecule has 22 saturated heterocycles. The molecule has 22 heterocycles. The van der Waals surface area contributed by atoms with Crippen LogP contribution >= 0.6 is 12.2 Å². The summed E-state index contributed by atoms with van der Waals surface area (Å²) in [4.78, 5) is 3.73. The van der Waals surface area contributed by atoms with Gasteiger partial charge in [-0.2, -0.15) is 0 Å². The lowest BCUT2D eigenvalue weighted by Gasteiger charge is -2.50. The van der Waals surface area contributed by atoms with Crippen LogP contribution in [0.15, 0.2) is 4.99 Å². The van der Waals surface area contributed by atoms with E-state index in [9.17, 15) is 96.1 Å². The van der Waals surface area contributed by atoms with Crippen molar-refractivity contribution in [2.45, 2.75) is 205 Å². The fraction of sp³-hybridized carbons (Fsp3) is 0.977. The molecule has 10 unspecified atom stereocenters. The summed E-state index contributed by atoms with van der Waals surface area (Å²) in [6.45, 7) is -5.27. The summed E-state index contributed by atoms with van der Waals surface area (Å²) in [5.74, 6) is 0.771. The maximum atomic E-state index is 11.2. The number of aliphatic imine (C=N–C) groups is 1. The van der Waals surface area contributed by atoms with E-state index in [-0.39, 0.29) is 7.43 Å². The van der Waals surface area contributed by atoms with Crippen molar-refractivity contribution in [2.24, 2.45) is 4.99 Å². The Kier molecular flexibility index (Phi) is 26.2. The van der Waals surface area contributed by atoms with Crippen molar-refractivity contribution in [1.29, 1.82) is 0 Å². The van der Waals surface area contributed by atoms with Gasteiger partial charge in [0.05, 0.1) is 44.8 Å². The lowest BCUT2D eigenvalue weighted by Crippen LogP contribution is -2.69. The standard InChI is InChI=1S/C36H60O30.C6H11NOS2.CH4/c37-1-7-25-13(43)19(49)31(55-7)62-26-8(2-38)57-33(21(51)15(26)45)64-28-10(4-40)59-35(23(53)17(28)47)66-30-12(6-42)60-36(24(54)18(30)48)65-29-11(5-41)58-34(22(52)16(29)46)63-27-9(3-39)56-32(61-25)20(50)14(27)44;1-10(8)5-3-2-4-7-6-9;/h7-54H,1-6H2;2-5H2,1H3;1H4/t7-,8-,9-,10-,11-,12-,13-,14-,15-,16-,17-,18?,19-,20-,21-,22-,23-,24-,25-,26-,27-,28-,29?,30?,31?,32?,33?,34?,35?,36?;;/m1../s1. The van der Waals surface area contributed by atoms with Gasteiger partial charge in [0.2, 0.25) is 0 Å². The molecule has 12 bridgehead atoms. The van der Waals surface area contributed by atoms with Crippen LogP contribution in [-0.4, -0.2) is 344 Å². The first-order valence-electron chi connectivity index (χ1n) is 24.2. The molecule has 18 N–H and O–H groups in total. The molecule has 0 aromatic rings. The smallest absolute Gasteiger partial charge is 0.187 e. The summed E-state index contributed by atoms with van der Waals surface area (Å²) in [5, 5.41) is 198. The number of aliphatic hydroxyl groups is 18. The van der Waals surface area contributed by atoms with Crippen LogP contribution < -0.4 is 0 Å². The molecule has 0 amide bonds. The molecular weight excluding hydrogens is 1090 g/mol. The molecule has 31 atom stereocenters. The Morgan fingerprint density at radius 2 is 0.558 bits per heavy atom. The molecule has 77 heavy (non-hydrogen) atoms. The molecule has 22 aliphatic heterocycles. The number of thiocarbonyl (C=S) groups is 1. The maximum Gasteiger partial charge on any atom is 0.187 e. The fourth-order valence-corrected chi connectivity index (χ4v) is 10.2. The van der Waals surface area contributed by atoms with E-state index in [0.29, 0.717) is 0 Å². The topological polar surface area (TPSA) is 504 Å². The van der Waals surface area contributed by atoms with Crippen LogP contribution in [0.25, 0.3) is 0 Å². The van der Waals surface area contributed by atoms with E-state index < -0.39 is 235 Å². The third-order valence-electron chi connectivity index (χ3n) is 13.7. The van der Waals surface area contributed by atoms with Crippen molar-refractivity contribution in [2.75, 3.05) is 58.2 Å². The molecule has 22 rings (SSSR count). The highest BCUT2D eigenvalue weighted by Crippen LogP contribution is 2.38. The lowest BCUT2D eigenvalue weighted by molar-refractivity contribution is -0.404. The summed E-state index contributed by atoms with van der Waals surface area (Å²) in [5.41, 5.74) is 0. The number of rotatable bonds is 11. The van der Waals surface area contributed by atoms with E-state index in [0.717, 1.165) is 25.1 Å². The van der Waals surface area contributed by atoms with E-state index >= 15 is 0 Å². The second-order valence-electron chi connectivity index (χ2n) is 18.8. The van der Waals surface area contributed by atoms with Gasteiger partial charge in [0.1, 0.15) is 146 Å². The minimum Gasteiger partial charge on any atom is -0.394 e. The highest BCUT2D eigenvalue weighted by molar-refractivity contribution is 7.84. The number of ether oxygens (including phenoxy) is 12. The largest absolute Gasteiger partial charge is 0.394 e. The SMILES string of the molecule is C.CS(=O)CCCCN=C=S.OC[C@H]1OC2OC3[C@@H](CO)OC(O[C@H]4[C@H](O)[C@@H](O)C(O[C@H]5[C@H](O)[C@@H](O)C(O[C@H]6[C@H](O)[C@@H](O)C(O[C@H]7[C@H](O)[C@@H](O)C(OC1C(O)[C@H]2O)O[C@@H]7CO)O[C@@H]6CO)O[C@@H]5CO)O[C@@H]4CO)[C@H](O)[C@H]3O. The van der Waals surface area contributed by atoms with E-state index in [4.69, 9.17) is 56.8 Å². The van der Waals surface area contributed by atoms with Gasteiger partial charge >= 0.3 is 0 Å². The van der Waals surface area contributed by atoms with Gasteiger partial charge < -0.3 is 149 Å². The van der Waals surface area contributed by atoms with Crippen molar-refractivity contribution >= 4 is 28.2 Å². The Morgan fingerprint density at radius 3 is 0.714 bits per heavy atom. The van der Waals surface area contributed by atoms with Crippen LogP contribution in [0.1, 0.15) is 20.3 Å². The summed E-state index contributed by atoms with van der Waals surface area (Å²) in [6, 6.07) is 0. The van der Waals surface area contributed by atoms with Gasteiger partial charge in [-0.25, -0.2) is 4.99 Å². The predicted octanol–water partition coefficient (Wildman–Crippen LogP) is -11.2. The van der Waals surface area contributed by atoms with Crippen molar-refractivity contribution < 1.29 is 153 Å². The Morgan fingerprint density at radius 1 is 0.364 bits per heavy atom. The second kappa shape index (κ2) is 30.3. The Hall–Kier alpha value is -1.25. The van der Waals surface area contributed by atoms with Crippen molar-refractivity contribution in [3.8, 4) is 0 Å². The van der Waals surface area contributed by atoms with Gasteiger partial charge in [0.25, 0.3) is 0 Å². The molecule has 22 aliphatic rings. The van der Waals surface area contributed by atoms with Gasteiger partial charge in [-0.05, 0) is 25.1 Å². The third kappa shape index (κ3) is 15.1. The van der Waals surface area contributed by atoms with Gasteiger partial charge in [0, 0.05) is 29.4 Å². The van der Waals surface area contributed by atoms with E-state index in [1.165, 1.54) is 0 Å². The number of hydrogen-bond donors (Lipinski definition) is 18. The highest BCUT2D eigenvalue weighted by atomic mass is 32.2. The Balaban J connectivity index is 0.000000902. The second-order valence-corrected chi connectivity index (χ2v) is 20.5. The zero-order chi connectivity index (χ0) is 55.9. The monoisotopic (exact) mass is 1170 g/mol. The number of hydrogen-bond acceptors (Lipinski definition) is 33. The van der Waals surface area contributed by atoms with Gasteiger partial charge in [-0.15, -0.1) is 0 Å². The quantitative estimate of drug-likeness (QED) is 0.0519. The average Bonchev–Trinajstić information content (AvgIpc) is 3.41. The minimum atomic E-state index is -2.15. The summed E-state index contributed by atoms with van der Waals surface area (Å²) in [7, 11) is -0.659. The summed E-state index contributed by atoms with van der Waals surface area (Å²) in [6.07, 6.45) is -54.8. The molecule has 0 spiro atoms. The first-order valence-corrected chi connectivity index (χ1v) is 26.3. The van der Waals surface area contributed by atoms with E-state index in [1.54, 1.807) is 6.26 Å². The van der Waals surface area contributed by atoms with Gasteiger partial charge in [0.15, 0.2) is 37.7 Å². The zero-order valence-electron chi connectivity index (χ0n) is 40.5. The maximum absolute atomic E-state index is 11.2. The fourth-order valence-electron chi connectivity index (χ4n) is 9.47. The van der Waals surface area contributed by atoms with Gasteiger partial charge in [-0.3, -0.25) is 4.21 Å². The molecule has 32 nitrogen and oxygen atoms in total. The normalized spacial score (nSPS) is 49.0. The van der Waals surface area contributed by atoms with E-state index in [2.05, 4.69) is 22.4 Å². The number of nitrogens with zero attached hydrogens (tertiary/aromatic N) is 1. The van der Waals surface area contributed by atoms with Crippen LogP contribution in [0.5, 0.6) is 0 Å². The Bertz CT molecular complexity index is 1540. The highest BCUT2D eigenvalue weighted by Gasteiger charge is 2.58. The molecule has 0 saturated carbocycles. The molecule has 34 heteroatoms. The molecule has 0 radical (unpaired) electrons. The number of aliphatic hydroxyl groups excluding tert-OH is 18.